The molecule has 0 amide bonds. The Balaban J connectivity index is 2.46. The lowest BCUT2D eigenvalue weighted by Gasteiger charge is -2.13. The van der Waals surface area contributed by atoms with Crippen molar-refractivity contribution in [2.24, 2.45) is 0 Å². The lowest BCUT2D eigenvalue weighted by atomic mass is 10.1. The predicted molar refractivity (Wildman–Crippen MR) is 42.5 cm³/mol. The second-order valence-electron chi connectivity index (χ2n) is 2.72. The molecule has 5 heteroatoms. The minimum atomic E-state index is -1.16. The van der Waals surface area contributed by atoms with E-state index >= 15 is 0 Å². The van der Waals surface area contributed by atoms with Crippen molar-refractivity contribution in [2.45, 2.75) is 24.6 Å². The van der Waals surface area contributed by atoms with E-state index in [-0.39, 0.29) is 13.2 Å². The van der Waals surface area contributed by atoms with E-state index in [0.29, 0.717) is 0 Å². The summed E-state index contributed by atoms with van der Waals surface area (Å²) in [6, 6.07) is 0. The monoisotopic (exact) mass is 188 g/mol. The minimum absolute atomic E-state index is 0.00735. The Kier molecular flexibility index (Phi) is 3.66. The number of terminal acetylenes is 1. The van der Waals surface area contributed by atoms with Crippen molar-refractivity contribution >= 4 is 0 Å². The summed E-state index contributed by atoms with van der Waals surface area (Å²) < 4.78 is 9.86. The van der Waals surface area contributed by atoms with E-state index in [1.807, 2.05) is 0 Å². The van der Waals surface area contributed by atoms with Gasteiger partial charge in [-0.15, -0.1) is 6.42 Å². The van der Waals surface area contributed by atoms with E-state index in [4.69, 9.17) is 21.0 Å². The van der Waals surface area contributed by atoms with Crippen LogP contribution in [0.15, 0.2) is 0 Å². The SMILES string of the molecule is C#CCOC1OC(CO)C(O)C1O. The van der Waals surface area contributed by atoms with Gasteiger partial charge in [0.1, 0.15) is 24.9 Å². The molecule has 0 radical (unpaired) electrons. The molecule has 3 N–H and O–H groups in total. The summed E-state index contributed by atoms with van der Waals surface area (Å²) in [5.41, 5.74) is 0. The van der Waals surface area contributed by atoms with E-state index in [2.05, 4.69) is 5.92 Å². The van der Waals surface area contributed by atoms with Crippen molar-refractivity contribution in [3.8, 4) is 12.3 Å². The van der Waals surface area contributed by atoms with Crippen LogP contribution in [0.1, 0.15) is 0 Å². The Hall–Kier alpha value is -0.640. The molecule has 1 rings (SSSR count). The summed E-state index contributed by atoms with van der Waals surface area (Å²) >= 11 is 0. The third-order valence-corrected chi connectivity index (χ3v) is 1.83. The van der Waals surface area contributed by atoms with E-state index in [0.717, 1.165) is 0 Å². The molecule has 0 aliphatic carbocycles. The van der Waals surface area contributed by atoms with Crippen LogP contribution >= 0.6 is 0 Å². The molecule has 0 saturated carbocycles. The van der Waals surface area contributed by atoms with Crippen LogP contribution < -0.4 is 0 Å². The summed E-state index contributed by atoms with van der Waals surface area (Å²) in [4.78, 5) is 0. The largest absolute Gasteiger partial charge is 0.394 e. The van der Waals surface area contributed by atoms with E-state index < -0.39 is 24.6 Å². The van der Waals surface area contributed by atoms with Crippen LogP contribution in [-0.4, -0.2) is 53.1 Å². The maximum atomic E-state index is 9.31. The fourth-order valence-corrected chi connectivity index (χ4v) is 1.13. The van der Waals surface area contributed by atoms with Gasteiger partial charge < -0.3 is 24.8 Å². The fourth-order valence-electron chi connectivity index (χ4n) is 1.13. The highest BCUT2D eigenvalue weighted by Gasteiger charge is 2.42. The second kappa shape index (κ2) is 4.56. The van der Waals surface area contributed by atoms with Gasteiger partial charge in [0.15, 0.2) is 6.29 Å². The minimum Gasteiger partial charge on any atom is -0.394 e. The van der Waals surface area contributed by atoms with Crippen molar-refractivity contribution in [1.29, 1.82) is 0 Å². The number of hydrogen-bond acceptors (Lipinski definition) is 5. The van der Waals surface area contributed by atoms with Gasteiger partial charge in [-0.1, -0.05) is 5.92 Å². The van der Waals surface area contributed by atoms with Gasteiger partial charge in [0, 0.05) is 0 Å². The highest BCUT2D eigenvalue weighted by atomic mass is 16.7. The van der Waals surface area contributed by atoms with Crippen LogP contribution in [0.5, 0.6) is 0 Å². The van der Waals surface area contributed by atoms with E-state index in [1.165, 1.54) is 0 Å². The van der Waals surface area contributed by atoms with Gasteiger partial charge in [-0.3, -0.25) is 0 Å². The lowest BCUT2D eigenvalue weighted by molar-refractivity contribution is -0.161. The number of ether oxygens (including phenoxy) is 2. The summed E-state index contributed by atoms with van der Waals surface area (Å²) in [6.07, 6.45) is 0.874. The molecule has 4 atom stereocenters. The van der Waals surface area contributed by atoms with Gasteiger partial charge in [0.25, 0.3) is 0 Å². The van der Waals surface area contributed by atoms with Gasteiger partial charge in [-0.25, -0.2) is 0 Å². The summed E-state index contributed by atoms with van der Waals surface area (Å²) in [6.45, 7) is -0.374. The maximum Gasteiger partial charge on any atom is 0.187 e. The molecule has 5 nitrogen and oxygen atoms in total. The summed E-state index contributed by atoms with van der Waals surface area (Å²) in [7, 11) is 0. The summed E-state index contributed by atoms with van der Waals surface area (Å²) in [5.74, 6) is 2.21. The molecular formula is C8H12O5. The van der Waals surface area contributed by atoms with Crippen LogP contribution in [0.3, 0.4) is 0 Å². The van der Waals surface area contributed by atoms with E-state index in [9.17, 15) is 10.2 Å². The summed E-state index contributed by atoms with van der Waals surface area (Å²) in [5, 5.41) is 27.3. The van der Waals surface area contributed by atoms with Crippen molar-refractivity contribution in [3.63, 3.8) is 0 Å². The molecule has 0 aromatic carbocycles. The van der Waals surface area contributed by atoms with Gasteiger partial charge >= 0.3 is 0 Å². The molecule has 1 fully saturated rings. The fraction of sp³-hybridized carbons (Fsp3) is 0.750. The highest BCUT2D eigenvalue weighted by Crippen LogP contribution is 2.21. The smallest absolute Gasteiger partial charge is 0.187 e. The average Bonchev–Trinajstić information content (AvgIpc) is 2.41. The van der Waals surface area contributed by atoms with Crippen molar-refractivity contribution < 1.29 is 24.8 Å². The normalized spacial score (nSPS) is 38.9. The van der Waals surface area contributed by atoms with Crippen LogP contribution in [0, 0.1) is 12.3 Å². The zero-order valence-electron chi connectivity index (χ0n) is 6.96. The first kappa shape index (κ1) is 10.4. The molecule has 0 aromatic heterocycles. The number of hydrogen-bond donors (Lipinski definition) is 3. The first-order chi connectivity index (χ1) is 6.20. The first-order valence-corrected chi connectivity index (χ1v) is 3.88. The number of aliphatic hydroxyl groups excluding tert-OH is 3. The Morgan fingerprint density at radius 2 is 2.08 bits per heavy atom. The third-order valence-electron chi connectivity index (χ3n) is 1.83. The Labute approximate surface area is 75.9 Å². The van der Waals surface area contributed by atoms with Gasteiger partial charge in [0.05, 0.1) is 6.61 Å². The zero-order valence-corrected chi connectivity index (χ0v) is 6.96. The van der Waals surface area contributed by atoms with Crippen molar-refractivity contribution in [2.75, 3.05) is 13.2 Å². The molecule has 0 bridgehead atoms. The molecule has 74 valence electrons. The van der Waals surface area contributed by atoms with E-state index in [1.54, 1.807) is 0 Å². The van der Waals surface area contributed by atoms with Gasteiger partial charge in [-0.2, -0.15) is 0 Å². The number of aliphatic hydroxyl groups is 3. The highest BCUT2D eigenvalue weighted by molar-refractivity contribution is 4.88. The standard InChI is InChI=1S/C8H12O5/c1-2-3-12-8-7(11)6(10)5(4-9)13-8/h1,5-11H,3-4H2. The predicted octanol–water partition coefficient (Wildman–Crippen LogP) is -1.92. The second-order valence-corrected chi connectivity index (χ2v) is 2.72. The Morgan fingerprint density at radius 1 is 1.38 bits per heavy atom. The first-order valence-electron chi connectivity index (χ1n) is 3.88. The molecule has 1 saturated heterocycles. The van der Waals surface area contributed by atoms with Gasteiger partial charge in [-0.05, 0) is 0 Å². The molecular weight excluding hydrogens is 176 g/mol. The van der Waals surface area contributed by atoms with Crippen LogP contribution in [-0.2, 0) is 9.47 Å². The van der Waals surface area contributed by atoms with Crippen LogP contribution in [0.4, 0.5) is 0 Å². The number of rotatable bonds is 3. The third kappa shape index (κ3) is 2.18. The zero-order chi connectivity index (χ0) is 9.84. The molecule has 1 aliphatic rings. The molecule has 4 unspecified atom stereocenters. The van der Waals surface area contributed by atoms with Gasteiger partial charge in [0.2, 0.25) is 0 Å². The molecule has 13 heavy (non-hydrogen) atoms. The Morgan fingerprint density at radius 3 is 2.54 bits per heavy atom. The van der Waals surface area contributed by atoms with Crippen LogP contribution in [0.25, 0.3) is 0 Å². The topological polar surface area (TPSA) is 79.2 Å². The molecule has 1 heterocycles. The molecule has 0 spiro atoms. The quantitative estimate of drug-likeness (QED) is 0.450. The van der Waals surface area contributed by atoms with Crippen molar-refractivity contribution in [1.82, 2.24) is 0 Å². The van der Waals surface area contributed by atoms with Crippen LogP contribution in [0.2, 0.25) is 0 Å². The van der Waals surface area contributed by atoms with Crippen molar-refractivity contribution in [3.05, 3.63) is 0 Å². The Bertz CT molecular complexity index is 199. The maximum absolute atomic E-state index is 9.31. The average molecular weight is 188 g/mol. The molecule has 1 aliphatic heterocycles. The molecule has 0 aromatic rings. The lowest BCUT2D eigenvalue weighted by Crippen LogP contribution is -2.34.